The Morgan fingerprint density at radius 3 is 2.58 bits per heavy atom. The van der Waals surface area contributed by atoms with Crippen LogP contribution in [0.3, 0.4) is 0 Å². The summed E-state index contributed by atoms with van der Waals surface area (Å²) in [5.74, 6) is 0.417. The number of nitrogens with zero attached hydrogens (tertiary/aromatic N) is 3. The lowest BCUT2D eigenvalue weighted by Crippen LogP contribution is -2.21. The summed E-state index contributed by atoms with van der Waals surface area (Å²) in [6.07, 6.45) is -2.40. The van der Waals surface area contributed by atoms with Gasteiger partial charge in [0.2, 0.25) is 0 Å². The van der Waals surface area contributed by atoms with Crippen molar-refractivity contribution in [2.75, 3.05) is 22.6 Å². The summed E-state index contributed by atoms with van der Waals surface area (Å²) >= 11 is 7.16. The average molecular weight is 536 g/mol. The van der Waals surface area contributed by atoms with Crippen molar-refractivity contribution in [1.82, 2.24) is 9.97 Å². The monoisotopic (exact) mass is 535 g/mol. The Hall–Kier alpha value is -3.44. The van der Waals surface area contributed by atoms with Crippen LogP contribution in [-0.4, -0.2) is 23.0 Å². The summed E-state index contributed by atoms with van der Waals surface area (Å²) in [6.45, 7) is 0. The number of nitrogens with one attached hydrogen (secondary N) is 2. The van der Waals surface area contributed by atoms with Gasteiger partial charge in [0, 0.05) is 24.3 Å². The highest BCUT2D eigenvalue weighted by atomic mass is 35.5. The maximum Gasteiger partial charge on any atom is 0.417 e. The Balaban J connectivity index is 1.33. The number of pyridine rings is 1. The number of thiazole rings is 1. The van der Waals surface area contributed by atoms with Gasteiger partial charge in [-0.3, -0.25) is 0 Å². The maximum atomic E-state index is 14.5. The maximum absolute atomic E-state index is 14.5. The SMILES string of the molecule is CN(c1ccc(F)c(NC(=O)Nc2ccc(Cl)c(C(F)(F)F)c2)c1)c1ccc2nc(C3CC3)sc2n1. The molecule has 2 aromatic carbocycles. The van der Waals surface area contributed by atoms with E-state index in [0.717, 1.165) is 34.3 Å². The number of benzene rings is 2. The van der Waals surface area contributed by atoms with Crippen molar-refractivity contribution in [3.63, 3.8) is 0 Å². The molecule has 0 aliphatic heterocycles. The zero-order chi connectivity index (χ0) is 25.6. The molecule has 0 saturated heterocycles. The van der Waals surface area contributed by atoms with E-state index in [1.807, 2.05) is 6.07 Å². The predicted octanol–water partition coefficient (Wildman–Crippen LogP) is 7.79. The minimum absolute atomic E-state index is 0.148. The zero-order valence-electron chi connectivity index (χ0n) is 18.7. The number of halogens is 5. The van der Waals surface area contributed by atoms with Crippen LogP contribution in [0.25, 0.3) is 10.3 Å². The van der Waals surface area contributed by atoms with Gasteiger partial charge in [-0.05, 0) is 61.4 Å². The third-order valence-corrected chi connectivity index (χ3v) is 7.10. The predicted molar refractivity (Wildman–Crippen MR) is 133 cm³/mol. The summed E-state index contributed by atoms with van der Waals surface area (Å²) in [5, 5.41) is 5.19. The van der Waals surface area contributed by atoms with Crippen LogP contribution in [0.5, 0.6) is 0 Å². The third kappa shape index (κ3) is 5.07. The fraction of sp³-hybridized carbons (Fsp3) is 0.208. The van der Waals surface area contributed by atoms with Crippen molar-refractivity contribution in [3.8, 4) is 0 Å². The summed E-state index contributed by atoms with van der Waals surface area (Å²) in [7, 11) is 1.75. The van der Waals surface area contributed by atoms with Gasteiger partial charge < -0.3 is 15.5 Å². The molecule has 36 heavy (non-hydrogen) atoms. The van der Waals surface area contributed by atoms with E-state index < -0.39 is 28.6 Å². The van der Waals surface area contributed by atoms with Crippen LogP contribution in [0.1, 0.15) is 29.3 Å². The molecule has 12 heteroatoms. The van der Waals surface area contributed by atoms with Crippen molar-refractivity contribution in [2.24, 2.45) is 0 Å². The highest BCUT2D eigenvalue weighted by molar-refractivity contribution is 7.18. The average Bonchev–Trinajstić information content (AvgIpc) is 3.59. The molecule has 2 N–H and O–H groups in total. The number of urea groups is 1. The van der Waals surface area contributed by atoms with E-state index >= 15 is 0 Å². The van der Waals surface area contributed by atoms with Gasteiger partial charge in [0.05, 0.1) is 21.3 Å². The van der Waals surface area contributed by atoms with Crippen molar-refractivity contribution in [1.29, 1.82) is 0 Å². The first-order valence-electron chi connectivity index (χ1n) is 10.8. The molecule has 1 aliphatic rings. The number of fused-ring (bicyclic) bond motifs is 1. The summed E-state index contributed by atoms with van der Waals surface area (Å²) < 4.78 is 53.7. The molecule has 5 rings (SSSR count). The Morgan fingerprint density at radius 2 is 1.86 bits per heavy atom. The van der Waals surface area contributed by atoms with E-state index in [9.17, 15) is 22.4 Å². The molecule has 0 radical (unpaired) electrons. The van der Waals surface area contributed by atoms with Crippen LogP contribution < -0.4 is 15.5 Å². The van der Waals surface area contributed by atoms with Crippen LogP contribution in [0.4, 0.5) is 45.2 Å². The molecule has 186 valence electrons. The molecule has 1 aliphatic carbocycles. The van der Waals surface area contributed by atoms with Gasteiger partial charge in [-0.15, -0.1) is 0 Å². The van der Waals surface area contributed by atoms with Crippen LogP contribution >= 0.6 is 22.9 Å². The quantitative estimate of drug-likeness (QED) is 0.256. The van der Waals surface area contributed by atoms with E-state index in [1.54, 1.807) is 29.4 Å². The molecule has 0 bridgehead atoms. The Labute approximate surface area is 211 Å². The van der Waals surface area contributed by atoms with Gasteiger partial charge in [0.1, 0.15) is 22.0 Å². The lowest BCUT2D eigenvalue weighted by Gasteiger charge is -2.19. The fourth-order valence-electron chi connectivity index (χ4n) is 3.57. The molecule has 6 nitrogen and oxygen atoms in total. The van der Waals surface area contributed by atoms with Gasteiger partial charge in [-0.2, -0.15) is 13.2 Å². The number of aromatic nitrogens is 2. The molecule has 2 amide bonds. The first-order valence-corrected chi connectivity index (χ1v) is 12.0. The second-order valence-corrected chi connectivity index (χ2v) is 9.73. The number of anilines is 4. The molecule has 0 spiro atoms. The largest absolute Gasteiger partial charge is 0.417 e. The van der Waals surface area contributed by atoms with Gasteiger partial charge in [0.25, 0.3) is 0 Å². The first-order chi connectivity index (χ1) is 17.1. The molecule has 2 heterocycles. The Morgan fingerprint density at radius 1 is 1.08 bits per heavy atom. The van der Waals surface area contributed by atoms with Gasteiger partial charge in [-0.25, -0.2) is 19.2 Å². The summed E-state index contributed by atoms with van der Waals surface area (Å²) in [4.78, 5) is 24.2. The van der Waals surface area contributed by atoms with Crippen molar-refractivity contribution in [2.45, 2.75) is 24.9 Å². The third-order valence-electron chi connectivity index (χ3n) is 5.64. The molecule has 2 aromatic heterocycles. The van der Waals surface area contributed by atoms with Crippen molar-refractivity contribution >= 4 is 62.2 Å². The molecule has 1 fully saturated rings. The molecular weight excluding hydrogens is 518 g/mol. The van der Waals surface area contributed by atoms with Gasteiger partial charge in [0.15, 0.2) is 0 Å². The van der Waals surface area contributed by atoms with Crippen LogP contribution in [-0.2, 0) is 6.18 Å². The summed E-state index contributed by atoms with van der Waals surface area (Å²) in [6, 6.07) is 9.84. The normalized spacial score (nSPS) is 13.6. The van der Waals surface area contributed by atoms with Crippen LogP contribution in [0.15, 0.2) is 48.5 Å². The Kier molecular flexibility index (Phi) is 6.21. The van der Waals surface area contributed by atoms with Gasteiger partial charge >= 0.3 is 12.2 Å². The minimum Gasteiger partial charge on any atom is -0.329 e. The van der Waals surface area contributed by atoms with Crippen LogP contribution in [0, 0.1) is 5.82 Å². The fourth-order valence-corrected chi connectivity index (χ4v) is 4.90. The molecular formula is C24H18ClF4N5OS. The number of hydrogen-bond acceptors (Lipinski definition) is 5. The zero-order valence-corrected chi connectivity index (χ0v) is 20.2. The smallest absolute Gasteiger partial charge is 0.329 e. The van der Waals surface area contributed by atoms with E-state index in [4.69, 9.17) is 11.6 Å². The molecule has 0 unspecified atom stereocenters. The topological polar surface area (TPSA) is 70.2 Å². The highest BCUT2D eigenvalue weighted by Crippen LogP contribution is 2.43. The van der Waals surface area contributed by atoms with Gasteiger partial charge in [-0.1, -0.05) is 22.9 Å². The van der Waals surface area contributed by atoms with Crippen molar-refractivity contribution in [3.05, 3.63) is 69.9 Å². The Bertz CT molecular complexity index is 1470. The number of hydrogen-bond donors (Lipinski definition) is 2. The lowest BCUT2D eigenvalue weighted by atomic mass is 10.2. The van der Waals surface area contributed by atoms with E-state index in [-0.39, 0.29) is 11.4 Å². The van der Waals surface area contributed by atoms with Crippen molar-refractivity contribution < 1.29 is 22.4 Å². The molecule has 4 aromatic rings. The second kappa shape index (κ2) is 9.21. The molecule has 0 atom stereocenters. The molecule has 1 saturated carbocycles. The standard InChI is InChI=1S/C24H18ClF4N5OS/c1-34(20-9-8-18-22(33-20)36-21(31-18)12-2-3-12)14-5-7-17(26)19(11-14)32-23(35)30-13-4-6-16(25)15(10-13)24(27,28)29/h4-12H,2-3H2,1H3,(H2,30,32,35). The number of carbonyl (C=O) groups is 1. The number of rotatable bonds is 5. The summed E-state index contributed by atoms with van der Waals surface area (Å²) in [5.41, 5.74) is -0.0295. The second-order valence-electron chi connectivity index (χ2n) is 8.31. The first kappa shape index (κ1) is 24.3. The van der Waals surface area contributed by atoms with Crippen LogP contribution in [0.2, 0.25) is 5.02 Å². The van der Waals surface area contributed by atoms with E-state index in [2.05, 4.69) is 20.6 Å². The van der Waals surface area contributed by atoms with E-state index in [1.165, 1.54) is 24.3 Å². The highest BCUT2D eigenvalue weighted by Gasteiger charge is 2.33. The lowest BCUT2D eigenvalue weighted by molar-refractivity contribution is -0.137. The number of carbonyl (C=O) groups excluding carboxylic acids is 1. The number of amides is 2. The number of alkyl halides is 3. The minimum atomic E-state index is -4.69. The van der Waals surface area contributed by atoms with E-state index in [0.29, 0.717) is 23.5 Å².